The normalized spacial score (nSPS) is 16.3. The third-order valence-corrected chi connectivity index (χ3v) is 6.81. The van der Waals surface area contributed by atoms with Gasteiger partial charge in [0.15, 0.2) is 5.82 Å². The lowest BCUT2D eigenvalue weighted by Gasteiger charge is -2.39. The largest absolute Gasteiger partial charge is 0.494 e. The van der Waals surface area contributed by atoms with Gasteiger partial charge in [-0.15, -0.1) is 5.10 Å². The molecule has 1 unspecified atom stereocenters. The van der Waals surface area contributed by atoms with Gasteiger partial charge in [-0.1, -0.05) is 26.2 Å². The average molecular weight is 467 g/mol. The Balaban J connectivity index is 1.74. The van der Waals surface area contributed by atoms with Crippen molar-refractivity contribution in [1.82, 2.24) is 30.1 Å². The van der Waals surface area contributed by atoms with Crippen LogP contribution in [0.25, 0.3) is 10.9 Å². The second-order valence-corrected chi connectivity index (χ2v) is 10.3. The van der Waals surface area contributed by atoms with Crippen molar-refractivity contribution in [3.63, 3.8) is 0 Å². The molecule has 8 nitrogen and oxygen atoms in total. The van der Waals surface area contributed by atoms with Gasteiger partial charge in [-0.05, 0) is 81.6 Å². The van der Waals surface area contributed by atoms with Gasteiger partial charge in [-0.3, -0.25) is 9.69 Å². The first kappa shape index (κ1) is 24.4. The van der Waals surface area contributed by atoms with Crippen LogP contribution in [0.2, 0.25) is 0 Å². The van der Waals surface area contributed by atoms with Crippen molar-refractivity contribution >= 4 is 10.9 Å². The molecule has 0 bridgehead atoms. The lowest BCUT2D eigenvalue weighted by Crippen LogP contribution is -2.42. The molecule has 1 fully saturated rings. The predicted octanol–water partition coefficient (Wildman–Crippen LogP) is 4.95. The number of hydrogen-bond donors (Lipinski definition) is 1. The van der Waals surface area contributed by atoms with Crippen molar-refractivity contribution < 1.29 is 4.74 Å². The number of ether oxygens (including phenoxy) is 1. The molecule has 2 heterocycles. The van der Waals surface area contributed by atoms with Crippen LogP contribution in [-0.2, 0) is 12.1 Å². The smallest absolute Gasteiger partial charge is 0.252 e. The van der Waals surface area contributed by atoms with E-state index in [0.29, 0.717) is 19.2 Å². The molecule has 0 spiro atoms. The van der Waals surface area contributed by atoms with Crippen LogP contribution < -0.4 is 10.3 Å². The number of tetrazole rings is 1. The topological polar surface area (TPSA) is 88.9 Å². The van der Waals surface area contributed by atoms with Crippen LogP contribution in [0.1, 0.15) is 90.6 Å². The van der Waals surface area contributed by atoms with Crippen LogP contribution in [0, 0.1) is 0 Å². The Morgan fingerprint density at radius 3 is 2.62 bits per heavy atom. The summed E-state index contributed by atoms with van der Waals surface area (Å²) in [6, 6.07) is 8.26. The molecule has 0 saturated heterocycles. The van der Waals surface area contributed by atoms with Crippen molar-refractivity contribution in [2.75, 3.05) is 6.61 Å². The standard InChI is InChI=1S/C26H38N6O2/c1-6-23(24-28-29-30-32(24)26(3,4)5)31(20-11-9-8-10-12-20)17-19-15-18-16-21(34-7-2)13-14-22(18)27-25(19)33/h13-16,20,23H,6-12,17H2,1-5H3,(H,27,33). The van der Waals surface area contributed by atoms with Crippen LogP contribution in [-0.4, -0.2) is 42.7 Å². The highest BCUT2D eigenvalue weighted by Gasteiger charge is 2.33. The minimum absolute atomic E-state index is 0.0298. The summed E-state index contributed by atoms with van der Waals surface area (Å²) in [7, 11) is 0. The highest BCUT2D eigenvalue weighted by atomic mass is 16.5. The third kappa shape index (κ3) is 5.17. The molecule has 1 saturated carbocycles. The summed E-state index contributed by atoms with van der Waals surface area (Å²) >= 11 is 0. The Morgan fingerprint density at radius 2 is 1.94 bits per heavy atom. The summed E-state index contributed by atoms with van der Waals surface area (Å²) in [5.41, 5.74) is 1.33. The first-order valence-corrected chi connectivity index (χ1v) is 12.6. The van der Waals surface area contributed by atoms with Crippen molar-refractivity contribution in [2.45, 2.75) is 97.3 Å². The maximum Gasteiger partial charge on any atom is 0.252 e. The number of hydrogen-bond acceptors (Lipinski definition) is 6. The van der Waals surface area contributed by atoms with E-state index in [4.69, 9.17) is 4.74 Å². The van der Waals surface area contributed by atoms with Crippen LogP contribution in [0.4, 0.5) is 0 Å². The minimum atomic E-state index is -0.222. The molecule has 4 rings (SSSR count). The second-order valence-electron chi connectivity index (χ2n) is 10.3. The quantitative estimate of drug-likeness (QED) is 0.505. The van der Waals surface area contributed by atoms with E-state index >= 15 is 0 Å². The van der Waals surface area contributed by atoms with E-state index in [0.717, 1.165) is 47.3 Å². The molecular formula is C26H38N6O2. The SMILES string of the molecule is CCOc1ccc2[nH]c(=O)c(CN(C3CCCCC3)C(CC)c3nnnn3C(C)(C)C)cc2c1. The fourth-order valence-electron chi connectivity index (χ4n) is 5.15. The minimum Gasteiger partial charge on any atom is -0.494 e. The van der Waals surface area contributed by atoms with Gasteiger partial charge in [0, 0.05) is 29.1 Å². The number of pyridine rings is 1. The molecule has 1 aliphatic rings. The first-order valence-electron chi connectivity index (χ1n) is 12.6. The van der Waals surface area contributed by atoms with Gasteiger partial charge >= 0.3 is 0 Å². The van der Waals surface area contributed by atoms with E-state index in [2.05, 4.69) is 53.1 Å². The Labute approximate surface area is 201 Å². The van der Waals surface area contributed by atoms with Gasteiger partial charge in [-0.2, -0.15) is 0 Å². The van der Waals surface area contributed by atoms with Crippen LogP contribution in [0.3, 0.4) is 0 Å². The molecule has 0 amide bonds. The van der Waals surface area contributed by atoms with Crippen molar-refractivity contribution in [3.8, 4) is 5.75 Å². The van der Waals surface area contributed by atoms with Gasteiger partial charge in [0.1, 0.15) is 5.75 Å². The molecule has 1 atom stereocenters. The maximum atomic E-state index is 13.1. The monoisotopic (exact) mass is 466 g/mol. The Kier molecular flexibility index (Phi) is 7.36. The van der Waals surface area contributed by atoms with E-state index < -0.39 is 0 Å². The molecule has 1 N–H and O–H groups in total. The summed E-state index contributed by atoms with van der Waals surface area (Å²) < 4.78 is 7.62. The lowest BCUT2D eigenvalue weighted by atomic mass is 9.92. The van der Waals surface area contributed by atoms with Gasteiger partial charge in [0.25, 0.3) is 5.56 Å². The fourth-order valence-corrected chi connectivity index (χ4v) is 5.15. The number of fused-ring (bicyclic) bond motifs is 1. The maximum absolute atomic E-state index is 13.1. The molecular weight excluding hydrogens is 428 g/mol. The Hall–Kier alpha value is -2.74. The van der Waals surface area contributed by atoms with E-state index in [1.165, 1.54) is 19.3 Å². The zero-order valence-electron chi connectivity index (χ0n) is 21.2. The molecule has 2 aromatic heterocycles. The van der Waals surface area contributed by atoms with Gasteiger partial charge < -0.3 is 9.72 Å². The number of nitrogens with zero attached hydrogens (tertiary/aromatic N) is 5. The summed E-state index contributed by atoms with van der Waals surface area (Å²) in [5, 5.41) is 13.8. The molecule has 0 radical (unpaired) electrons. The number of H-pyrrole nitrogens is 1. The predicted molar refractivity (Wildman–Crippen MR) is 134 cm³/mol. The summed E-state index contributed by atoms with van der Waals surface area (Å²) in [4.78, 5) is 18.7. The molecule has 1 aliphatic carbocycles. The number of aromatic amines is 1. The number of nitrogens with one attached hydrogen (secondary N) is 1. The van der Waals surface area contributed by atoms with Gasteiger partial charge in [-0.25, -0.2) is 4.68 Å². The zero-order chi connectivity index (χ0) is 24.3. The average Bonchev–Trinajstić information content (AvgIpc) is 3.30. The summed E-state index contributed by atoms with van der Waals surface area (Å²) in [6.07, 6.45) is 6.84. The lowest BCUT2D eigenvalue weighted by molar-refractivity contribution is 0.0810. The van der Waals surface area contributed by atoms with Gasteiger partial charge in [0.2, 0.25) is 0 Å². The molecule has 0 aliphatic heterocycles. The molecule has 1 aromatic carbocycles. The Morgan fingerprint density at radius 1 is 1.18 bits per heavy atom. The molecule has 34 heavy (non-hydrogen) atoms. The van der Waals surface area contributed by atoms with Crippen LogP contribution in [0.15, 0.2) is 29.1 Å². The summed E-state index contributed by atoms with van der Waals surface area (Å²) in [5.74, 6) is 1.68. The van der Waals surface area contributed by atoms with Crippen molar-refractivity contribution in [3.05, 3.63) is 46.0 Å². The van der Waals surface area contributed by atoms with Crippen LogP contribution >= 0.6 is 0 Å². The number of benzene rings is 1. The van der Waals surface area contributed by atoms with E-state index in [1.807, 2.05) is 35.9 Å². The molecule has 3 aromatic rings. The highest BCUT2D eigenvalue weighted by molar-refractivity contribution is 5.80. The van der Waals surface area contributed by atoms with Crippen molar-refractivity contribution in [1.29, 1.82) is 0 Å². The fraction of sp³-hybridized carbons (Fsp3) is 0.615. The van der Waals surface area contributed by atoms with E-state index in [1.54, 1.807) is 0 Å². The van der Waals surface area contributed by atoms with Crippen molar-refractivity contribution in [2.24, 2.45) is 0 Å². The Bertz CT molecular complexity index is 1160. The number of aromatic nitrogens is 5. The summed E-state index contributed by atoms with van der Waals surface area (Å²) in [6.45, 7) is 11.7. The second kappa shape index (κ2) is 10.3. The van der Waals surface area contributed by atoms with Crippen LogP contribution in [0.5, 0.6) is 5.75 Å². The van der Waals surface area contributed by atoms with E-state index in [-0.39, 0.29) is 17.1 Å². The van der Waals surface area contributed by atoms with Gasteiger partial charge in [0.05, 0.1) is 18.2 Å². The first-order chi connectivity index (χ1) is 16.3. The number of rotatable bonds is 8. The molecule has 184 valence electrons. The third-order valence-electron chi connectivity index (χ3n) is 6.81. The zero-order valence-corrected chi connectivity index (χ0v) is 21.2. The van der Waals surface area contributed by atoms with E-state index in [9.17, 15) is 4.79 Å². The highest BCUT2D eigenvalue weighted by Crippen LogP contribution is 2.34. The molecule has 8 heteroatoms.